The van der Waals surface area contributed by atoms with Crippen molar-refractivity contribution in [1.29, 1.82) is 0 Å². The predicted octanol–water partition coefficient (Wildman–Crippen LogP) is 5.55. The van der Waals surface area contributed by atoms with Crippen molar-refractivity contribution in [3.63, 3.8) is 0 Å². The Morgan fingerprint density at radius 1 is 1.24 bits per heavy atom. The molecule has 1 aromatic rings. The van der Waals surface area contributed by atoms with Crippen LogP contribution < -0.4 is 5.32 Å². The van der Waals surface area contributed by atoms with Gasteiger partial charge in [0.2, 0.25) is 0 Å². The molecule has 1 aromatic carbocycles. The monoisotopic (exact) mass is 353 g/mol. The summed E-state index contributed by atoms with van der Waals surface area (Å²) in [7, 11) is 0. The number of rotatable bonds is 6. The van der Waals surface area contributed by atoms with E-state index in [1.54, 1.807) is 6.07 Å². The van der Waals surface area contributed by atoms with Gasteiger partial charge in [-0.3, -0.25) is 0 Å². The van der Waals surface area contributed by atoms with Crippen LogP contribution in [-0.2, 0) is 0 Å². The lowest BCUT2D eigenvalue weighted by Gasteiger charge is -2.32. The van der Waals surface area contributed by atoms with E-state index in [-0.39, 0.29) is 6.04 Å². The molecule has 1 unspecified atom stereocenters. The average Bonchev–Trinajstić information content (AvgIpc) is 2.49. The highest BCUT2D eigenvalue weighted by atomic mass is 79.9. The molecule has 118 valence electrons. The van der Waals surface area contributed by atoms with Crippen LogP contribution in [0, 0.1) is 5.92 Å². The number of hydrogen-bond acceptors (Lipinski definition) is 2. The quantitative estimate of drug-likeness (QED) is 0.701. The van der Waals surface area contributed by atoms with E-state index < -0.39 is 0 Å². The van der Waals surface area contributed by atoms with Crippen molar-refractivity contribution in [2.75, 3.05) is 0 Å². The minimum absolute atomic E-state index is 0.246. The first kappa shape index (κ1) is 16.8. The molecule has 0 spiro atoms. The number of benzene rings is 1. The zero-order chi connectivity index (χ0) is 15.2. The standard InChI is InChI=1S/C18H28BrNO/c1-3-5-13-6-9-15(10-7-13)20-17(4-2)16-12-14(19)8-11-18(16)21/h8,11-13,15,17,20-21H,3-7,9-10H2,1-2H3. The van der Waals surface area contributed by atoms with Crippen LogP contribution in [0.2, 0.25) is 0 Å². The fourth-order valence-corrected chi connectivity index (χ4v) is 3.92. The minimum atomic E-state index is 0.246. The SMILES string of the molecule is CCCC1CCC(NC(CC)c2cc(Br)ccc2O)CC1. The van der Waals surface area contributed by atoms with E-state index in [4.69, 9.17) is 0 Å². The Hall–Kier alpha value is -0.540. The van der Waals surface area contributed by atoms with E-state index in [0.717, 1.165) is 22.4 Å². The van der Waals surface area contributed by atoms with Crippen LogP contribution >= 0.6 is 15.9 Å². The molecule has 1 fully saturated rings. The van der Waals surface area contributed by atoms with Gasteiger partial charge >= 0.3 is 0 Å². The molecule has 2 N–H and O–H groups in total. The Kier molecular flexibility index (Phi) is 6.56. The summed E-state index contributed by atoms with van der Waals surface area (Å²) >= 11 is 3.51. The van der Waals surface area contributed by atoms with Crippen LogP contribution in [0.3, 0.4) is 0 Å². The Balaban J connectivity index is 1.95. The summed E-state index contributed by atoms with van der Waals surface area (Å²) in [5, 5.41) is 13.9. The van der Waals surface area contributed by atoms with Gasteiger partial charge in [0.15, 0.2) is 0 Å². The lowest BCUT2D eigenvalue weighted by molar-refractivity contribution is 0.260. The summed E-state index contributed by atoms with van der Waals surface area (Å²) in [5.74, 6) is 1.34. The van der Waals surface area contributed by atoms with Crippen LogP contribution in [0.5, 0.6) is 5.75 Å². The molecule has 1 atom stereocenters. The summed E-state index contributed by atoms with van der Waals surface area (Å²) in [6, 6.07) is 6.56. The first-order chi connectivity index (χ1) is 10.1. The van der Waals surface area contributed by atoms with E-state index in [9.17, 15) is 5.11 Å². The van der Waals surface area contributed by atoms with Crippen LogP contribution in [-0.4, -0.2) is 11.1 Å². The first-order valence-electron chi connectivity index (χ1n) is 8.38. The fraction of sp³-hybridized carbons (Fsp3) is 0.667. The third-order valence-electron chi connectivity index (χ3n) is 4.75. The molecule has 0 aliphatic heterocycles. The van der Waals surface area contributed by atoms with E-state index in [2.05, 4.69) is 35.1 Å². The number of nitrogens with one attached hydrogen (secondary N) is 1. The molecule has 0 amide bonds. The van der Waals surface area contributed by atoms with Crippen molar-refractivity contribution in [3.8, 4) is 5.75 Å². The first-order valence-corrected chi connectivity index (χ1v) is 9.17. The highest BCUT2D eigenvalue weighted by molar-refractivity contribution is 9.10. The molecule has 1 aliphatic rings. The van der Waals surface area contributed by atoms with Crippen LogP contribution in [0.1, 0.15) is 70.4 Å². The van der Waals surface area contributed by atoms with Gasteiger partial charge in [0.25, 0.3) is 0 Å². The molecular weight excluding hydrogens is 326 g/mol. The normalized spacial score (nSPS) is 24.0. The van der Waals surface area contributed by atoms with E-state index in [0.29, 0.717) is 11.8 Å². The zero-order valence-corrected chi connectivity index (χ0v) is 14.8. The summed E-state index contributed by atoms with van der Waals surface area (Å²) in [6.07, 6.45) is 8.95. The molecule has 0 radical (unpaired) electrons. The third-order valence-corrected chi connectivity index (χ3v) is 5.25. The van der Waals surface area contributed by atoms with Gasteiger partial charge in [-0.1, -0.05) is 42.6 Å². The van der Waals surface area contributed by atoms with Gasteiger partial charge in [-0.2, -0.15) is 0 Å². The third kappa shape index (κ3) is 4.72. The molecule has 1 aliphatic carbocycles. The molecule has 1 saturated carbocycles. The molecule has 0 saturated heterocycles. The molecule has 0 heterocycles. The van der Waals surface area contributed by atoms with Crippen molar-refractivity contribution >= 4 is 15.9 Å². The number of hydrogen-bond donors (Lipinski definition) is 2. The zero-order valence-electron chi connectivity index (χ0n) is 13.2. The van der Waals surface area contributed by atoms with E-state index >= 15 is 0 Å². The average molecular weight is 354 g/mol. The molecule has 2 rings (SSSR count). The van der Waals surface area contributed by atoms with Crippen molar-refractivity contribution < 1.29 is 5.11 Å². The van der Waals surface area contributed by atoms with Gasteiger partial charge in [-0.25, -0.2) is 0 Å². The lowest BCUT2D eigenvalue weighted by Crippen LogP contribution is -2.35. The Bertz CT molecular complexity index is 441. The van der Waals surface area contributed by atoms with E-state index in [1.165, 1.54) is 38.5 Å². The largest absolute Gasteiger partial charge is 0.508 e. The fourth-order valence-electron chi connectivity index (χ4n) is 3.54. The summed E-state index contributed by atoms with van der Waals surface area (Å²) in [6.45, 7) is 4.47. The summed E-state index contributed by atoms with van der Waals surface area (Å²) in [5.41, 5.74) is 1.02. The number of halogens is 1. The maximum Gasteiger partial charge on any atom is 0.120 e. The van der Waals surface area contributed by atoms with Crippen molar-refractivity contribution in [1.82, 2.24) is 5.32 Å². The van der Waals surface area contributed by atoms with Crippen LogP contribution in [0.4, 0.5) is 0 Å². The Labute approximate surface area is 137 Å². The second-order valence-electron chi connectivity index (χ2n) is 6.34. The summed E-state index contributed by atoms with van der Waals surface area (Å²) in [4.78, 5) is 0. The lowest BCUT2D eigenvalue weighted by atomic mass is 9.83. The topological polar surface area (TPSA) is 32.3 Å². The summed E-state index contributed by atoms with van der Waals surface area (Å²) < 4.78 is 1.03. The predicted molar refractivity (Wildman–Crippen MR) is 92.6 cm³/mol. The second-order valence-corrected chi connectivity index (χ2v) is 7.25. The molecule has 3 heteroatoms. The smallest absolute Gasteiger partial charge is 0.120 e. The number of phenolic OH excluding ortho intramolecular Hbond substituents is 1. The van der Waals surface area contributed by atoms with Gasteiger partial charge in [0.05, 0.1) is 0 Å². The van der Waals surface area contributed by atoms with Gasteiger partial charge in [-0.15, -0.1) is 0 Å². The van der Waals surface area contributed by atoms with Crippen LogP contribution in [0.15, 0.2) is 22.7 Å². The van der Waals surface area contributed by atoms with Gasteiger partial charge in [0.1, 0.15) is 5.75 Å². The maximum atomic E-state index is 10.1. The molecule has 0 bridgehead atoms. The van der Waals surface area contributed by atoms with Gasteiger partial charge < -0.3 is 10.4 Å². The highest BCUT2D eigenvalue weighted by Gasteiger charge is 2.23. The number of aromatic hydroxyl groups is 1. The molecule has 2 nitrogen and oxygen atoms in total. The minimum Gasteiger partial charge on any atom is -0.508 e. The number of phenols is 1. The van der Waals surface area contributed by atoms with Gasteiger partial charge in [0, 0.05) is 22.1 Å². The van der Waals surface area contributed by atoms with Gasteiger partial charge in [-0.05, 0) is 56.2 Å². The molecular formula is C18H28BrNO. The van der Waals surface area contributed by atoms with E-state index in [1.807, 2.05) is 12.1 Å². The molecule has 0 aromatic heterocycles. The second kappa shape index (κ2) is 8.19. The van der Waals surface area contributed by atoms with Crippen molar-refractivity contribution in [2.45, 2.75) is 70.9 Å². The highest BCUT2D eigenvalue weighted by Crippen LogP contribution is 2.33. The van der Waals surface area contributed by atoms with Crippen molar-refractivity contribution in [2.24, 2.45) is 5.92 Å². The van der Waals surface area contributed by atoms with Crippen LogP contribution in [0.25, 0.3) is 0 Å². The Morgan fingerprint density at radius 3 is 2.57 bits per heavy atom. The Morgan fingerprint density at radius 2 is 1.95 bits per heavy atom. The maximum absolute atomic E-state index is 10.1. The molecule has 21 heavy (non-hydrogen) atoms. The van der Waals surface area contributed by atoms with Crippen molar-refractivity contribution in [3.05, 3.63) is 28.2 Å².